The molecule has 2 N–H and O–H groups in total. The molecule has 4 aliphatic carbocycles. The minimum Gasteiger partial charge on any atom is -1.00 e. The topological polar surface area (TPSA) is 129 Å². The smallest absolute Gasteiger partial charge is 1.00 e. The first-order chi connectivity index (χ1) is 23.2. The van der Waals surface area contributed by atoms with Crippen molar-refractivity contribution in [2.24, 2.45) is 10.8 Å². The van der Waals surface area contributed by atoms with Crippen LogP contribution in [0.2, 0.25) is 10.3 Å². The summed E-state index contributed by atoms with van der Waals surface area (Å²) in [6.45, 7) is 15.9. The molecule has 0 radical (unpaired) electrons. The van der Waals surface area contributed by atoms with Crippen molar-refractivity contribution in [2.75, 3.05) is 0 Å². The van der Waals surface area contributed by atoms with Crippen LogP contribution in [0, 0.1) is 10.8 Å². The van der Waals surface area contributed by atoms with E-state index in [1.807, 2.05) is 46.0 Å². The Bertz CT molecular complexity index is 1950. The van der Waals surface area contributed by atoms with Crippen LogP contribution in [0.15, 0.2) is 61.5 Å². The molecule has 6 heterocycles. The van der Waals surface area contributed by atoms with E-state index in [0.717, 1.165) is 60.6 Å². The fourth-order valence-electron chi connectivity index (χ4n) is 9.27. The fraction of sp³-hybridized carbons (Fsp3) is 0.556. The average Bonchev–Trinajstić information content (AvgIpc) is 3.83. The Balaban J connectivity index is 0.000000142. The maximum Gasteiger partial charge on any atom is 1.00 e. The molecular weight excluding hydrogens is 706 g/mol. The molecule has 0 aromatic carbocycles. The molecule has 262 valence electrons. The summed E-state index contributed by atoms with van der Waals surface area (Å²) in [5.74, 6) is -1.09. The van der Waals surface area contributed by atoms with Crippen molar-refractivity contribution in [3.8, 4) is 0 Å². The van der Waals surface area contributed by atoms with Crippen LogP contribution < -0.4 is 51.4 Å². The monoisotopic (exact) mass is 748 g/mol. The van der Waals surface area contributed by atoms with Crippen molar-refractivity contribution in [1.29, 1.82) is 0 Å². The van der Waals surface area contributed by atoms with Gasteiger partial charge in [0.15, 0.2) is 11.6 Å². The largest absolute Gasteiger partial charge is 1.00 e. The van der Waals surface area contributed by atoms with E-state index in [0.29, 0.717) is 10.3 Å². The van der Waals surface area contributed by atoms with Crippen LogP contribution >= 0.6 is 23.2 Å². The molecule has 14 heteroatoms. The van der Waals surface area contributed by atoms with Crippen molar-refractivity contribution in [3.63, 3.8) is 0 Å². The van der Waals surface area contributed by atoms with Crippen LogP contribution in [0.5, 0.6) is 0 Å². The SMILES string of the molecule is C=C1CC2(C1)C[C@@H](n1ccc3c(Cl)ncnc31)[C@@H]1OC(C)(C)O[C@@H]12.C=C1CC2(C1)C[C@H](O)[C@@H]1OC(C)(C)O[C@@H]12.Clc1ncnc2[nH]ccc12.[H-].[K+]. The Labute approximate surface area is 345 Å². The first-order valence-corrected chi connectivity index (χ1v) is 17.6. The van der Waals surface area contributed by atoms with Gasteiger partial charge in [-0.05, 0) is 78.4 Å². The number of aromatic amines is 1. The summed E-state index contributed by atoms with van der Waals surface area (Å²) in [4.78, 5) is 19.2. The number of fused-ring (bicyclic) bond motifs is 6. The second kappa shape index (κ2) is 13.2. The minimum atomic E-state index is -0.548. The van der Waals surface area contributed by atoms with E-state index < -0.39 is 11.6 Å². The number of allylic oxidation sites excluding steroid dienone is 2. The zero-order valence-electron chi connectivity index (χ0n) is 30.2. The predicted molar refractivity (Wildman–Crippen MR) is 186 cm³/mol. The standard InChI is InChI=1S/C18H20ClN3O2.C12H18O3.C6H4ClN3.K.H/c1-10-6-18(7-10)8-12(13-14(18)24-17(2,3)23-13)22-5-4-11-15(19)20-9-21-16(11)22;1-7-4-12(5-7)6-8(13)9-10(12)15-11(2,3)14-9;7-5-4-1-2-8-6(4)10-3-9-5;;/h4-5,9,12-14H,1,6-8H2,2-3H3;8-10,13H,1,4-6H2,2-3H3;1-3H,(H,8,9,10);;/q;;;+1;-1/t12-,13+,14+;8-,9-,10-;;;/m10.../s1. The Hall–Kier alpha value is -1.26. The molecule has 2 spiro atoms. The summed E-state index contributed by atoms with van der Waals surface area (Å²) in [5, 5.41) is 12.7. The molecule has 4 saturated carbocycles. The maximum atomic E-state index is 9.98. The quantitative estimate of drug-likeness (QED) is 0.167. The molecule has 0 unspecified atom stereocenters. The van der Waals surface area contributed by atoms with E-state index in [2.05, 4.69) is 42.6 Å². The summed E-state index contributed by atoms with van der Waals surface area (Å²) in [5.41, 5.74) is 4.49. The zero-order chi connectivity index (χ0) is 34.5. The van der Waals surface area contributed by atoms with Crippen molar-refractivity contribution >= 4 is 45.3 Å². The number of nitrogens with one attached hydrogen (secondary N) is 1. The number of halogens is 2. The van der Waals surface area contributed by atoms with Crippen molar-refractivity contribution < 1.29 is 76.9 Å². The van der Waals surface area contributed by atoms with E-state index in [9.17, 15) is 5.11 Å². The molecule has 6 aliphatic rings. The van der Waals surface area contributed by atoms with Crippen LogP contribution in [0.3, 0.4) is 0 Å². The Morgan fingerprint density at radius 3 is 1.98 bits per heavy atom. The van der Waals surface area contributed by atoms with Crippen molar-refractivity contribution in [2.45, 2.75) is 114 Å². The molecule has 0 bridgehead atoms. The normalized spacial score (nSPS) is 31.7. The number of aliphatic hydroxyl groups is 1. The second-order valence-electron chi connectivity index (χ2n) is 15.5. The van der Waals surface area contributed by atoms with Gasteiger partial charge >= 0.3 is 51.4 Å². The molecular formula is C36H43Cl2KN6O5. The average molecular weight is 750 g/mol. The summed E-state index contributed by atoms with van der Waals surface area (Å²) < 4.78 is 26.5. The third-order valence-electron chi connectivity index (χ3n) is 11.0. The van der Waals surface area contributed by atoms with Gasteiger partial charge in [-0.1, -0.05) is 47.5 Å². The number of aromatic nitrogens is 6. The van der Waals surface area contributed by atoms with E-state index in [1.54, 1.807) is 6.20 Å². The zero-order valence-corrected chi connectivity index (χ0v) is 33.8. The molecule has 6 fully saturated rings. The number of H-pyrrole nitrogens is 1. The third kappa shape index (κ3) is 6.39. The minimum absolute atomic E-state index is 0. The van der Waals surface area contributed by atoms with Gasteiger partial charge in [-0.25, -0.2) is 19.9 Å². The van der Waals surface area contributed by atoms with Gasteiger partial charge in [0, 0.05) is 23.2 Å². The van der Waals surface area contributed by atoms with Gasteiger partial charge in [0.2, 0.25) is 0 Å². The van der Waals surface area contributed by atoms with Gasteiger partial charge in [0.05, 0.1) is 35.1 Å². The van der Waals surface area contributed by atoms with Crippen LogP contribution in [-0.4, -0.2) is 76.7 Å². The Kier molecular flexibility index (Phi) is 9.82. The number of nitrogens with zero attached hydrogens (tertiary/aromatic N) is 5. The summed E-state index contributed by atoms with van der Waals surface area (Å²) in [6.07, 6.45) is 12.3. The van der Waals surface area contributed by atoms with Crippen molar-refractivity contribution in [1.82, 2.24) is 29.5 Å². The second-order valence-corrected chi connectivity index (χ2v) is 16.3. The fourth-order valence-corrected chi connectivity index (χ4v) is 9.66. The number of ether oxygens (including phenoxy) is 4. The molecule has 50 heavy (non-hydrogen) atoms. The summed E-state index contributed by atoms with van der Waals surface area (Å²) in [7, 11) is 0. The summed E-state index contributed by atoms with van der Waals surface area (Å²) in [6, 6.07) is 4.02. The first kappa shape index (κ1) is 37.1. The van der Waals surface area contributed by atoms with Gasteiger partial charge in [-0.3, -0.25) is 0 Å². The molecule has 4 aromatic heterocycles. The van der Waals surface area contributed by atoms with E-state index >= 15 is 0 Å². The van der Waals surface area contributed by atoms with Gasteiger partial charge < -0.3 is 35.0 Å². The van der Waals surface area contributed by atoms with Crippen LogP contribution in [-0.2, 0) is 18.9 Å². The molecule has 10 rings (SSSR count). The van der Waals surface area contributed by atoms with E-state index in [4.69, 9.17) is 42.1 Å². The predicted octanol–water partition coefficient (Wildman–Crippen LogP) is 4.22. The van der Waals surface area contributed by atoms with Crippen LogP contribution in [0.4, 0.5) is 0 Å². The first-order valence-electron chi connectivity index (χ1n) is 16.8. The van der Waals surface area contributed by atoms with Crippen LogP contribution in [0.1, 0.15) is 73.7 Å². The Morgan fingerprint density at radius 1 is 0.800 bits per heavy atom. The molecule has 6 atom stereocenters. The van der Waals surface area contributed by atoms with E-state index in [-0.39, 0.29) is 100 Å². The number of hydrogen-bond acceptors (Lipinski definition) is 9. The van der Waals surface area contributed by atoms with Gasteiger partial charge in [0.25, 0.3) is 0 Å². The van der Waals surface area contributed by atoms with Gasteiger partial charge in [-0.15, -0.1) is 0 Å². The molecule has 2 aliphatic heterocycles. The van der Waals surface area contributed by atoms with Crippen molar-refractivity contribution in [3.05, 3.63) is 71.8 Å². The van der Waals surface area contributed by atoms with Gasteiger partial charge in [-0.2, -0.15) is 0 Å². The van der Waals surface area contributed by atoms with Crippen LogP contribution in [0.25, 0.3) is 22.1 Å². The maximum absolute atomic E-state index is 9.98. The van der Waals surface area contributed by atoms with E-state index in [1.165, 1.54) is 23.8 Å². The molecule has 11 nitrogen and oxygen atoms in total. The summed E-state index contributed by atoms with van der Waals surface area (Å²) >= 11 is 11.9. The molecule has 2 saturated heterocycles. The third-order valence-corrected chi connectivity index (χ3v) is 11.6. The molecule has 0 amide bonds. The van der Waals surface area contributed by atoms with Gasteiger partial charge in [0.1, 0.15) is 46.5 Å². The molecule has 4 aromatic rings. The number of rotatable bonds is 1. The number of hydrogen-bond donors (Lipinski definition) is 2. The number of aliphatic hydroxyl groups excluding tert-OH is 1. The Morgan fingerprint density at radius 2 is 1.36 bits per heavy atom.